The van der Waals surface area contributed by atoms with Crippen LogP contribution in [0.2, 0.25) is 0 Å². The molecule has 0 bridgehead atoms. The zero-order valence-corrected chi connectivity index (χ0v) is 18.5. The Morgan fingerprint density at radius 2 is 2.00 bits per heavy atom. The summed E-state index contributed by atoms with van der Waals surface area (Å²) in [6, 6.07) is 11.7. The number of anilines is 2. The van der Waals surface area contributed by atoms with Crippen molar-refractivity contribution in [2.75, 3.05) is 31.8 Å². The number of carbonyl (C=O) groups is 1. The number of ether oxygens (including phenoxy) is 1. The smallest absolute Gasteiger partial charge is 0.299 e. The lowest BCUT2D eigenvalue weighted by Crippen LogP contribution is -2.29. The van der Waals surface area contributed by atoms with Crippen molar-refractivity contribution in [3.8, 4) is 5.82 Å². The first-order chi connectivity index (χ1) is 15.4. The van der Waals surface area contributed by atoms with Gasteiger partial charge in [-0.1, -0.05) is 30.3 Å². The van der Waals surface area contributed by atoms with E-state index in [1.807, 2.05) is 30.3 Å². The second-order valence-corrected chi connectivity index (χ2v) is 7.33. The molecule has 0 aliphatic rings. The number of hydrogen-bond acceptors (Lipinski definition) is 7. The van der Waals surface area contributed by atoms with Crippen LogP contribution in [0.5, 0.6) is 0 Å². The van der Waals surface area contributed by atoms with Crippen LogP contribution in [0.25, 0.3) is 5.82 Å². The van der Waals surface area contributed by atoms with Gasteiger partial charge in [0.15, 0.2) is 11.6 Å². The molecule has 0 saturated heterocycles. The Balaban J connectivity index is 1.95. The van der Waals surface area contributed by atoms with Gasteiger partial charge in [0.05, 0.1) is 30.6 Å². The molecule has 0 aliphatic heterocycles. The van der Waals surface area contributed by atoms with E-state index in [9.17, 15) is 9.59 Å². The van der Waals surface area contributed by atoms with Crippen LogP contribution < -0.4 is 21.9 Å². The minimum atomic E-state index is -0.370. The molecule has 1 amide bonds. The van der Waals surface area contributed by atoms with E-state index in [4.69, 9.17) is 10.5 Å². The van der Waals surface area contributed by atoms with E-state index in [1.54, 1.807) is 26.2 Å². The van der Waals surface area contributed by atoms with Crippen molar-refractivity contribution < 1.29 is 9.53 Å². The highest BCUT2D eigenvalue weighted by Crippen LogP contribution is 2.20. The summed E-state index contributed by atoms with van der Waals surface area (Å²) in [6.07, 6.45) is 2.47. The maximum Gasteiger partial charge on any atom is 0.299 e. The maximum atomic E-state index is 13.3. The van der Waals surface area contributed by atoms with E-state index in [-0.39, 0.29) is 41.8 Å². The largest absolute Gasteiger partial charge is 0.396 e. The number of pyridine rings is 1. The van der Waals surface area contributed by atoms with Gasteiger partial charge in [0.1, 0.15) is 0 Å². The lowest BCUT2D eigenvalue weighted by molar-refractivity contribution is -0.119. The summed E-state index contributed by atoms with van der Waals surface area (Å²) in [5, 5.41) is 5.70. The number of aromatic nitrogens is 3. The maximum absolute atomic E-state index is 13.3. The number of likely N-dealkylation sites (N-methyl/N-ethyl adjacent to an activating group) is 1. The average molecular weight is 437 g/mol. The van der Waals surface area contributed by atoms with E-state index in [1.165, 1.54) is 11.7 Å². The minimum Gasteiger partial charge on any atom is -0.396 e. The van der Waals surface area contributed by atoms with Crippen molar-refractivity contribution in [1.82, 2.24) is 19.9 Å². The van der Waals surface area contributed by atoms with Gasteiger partial charge in [0.25, 0.3) is 5.56 Å². The Bertz CT molecular complexity index is 1140. The quantitative estimate of drug-likeness (QED) is 0.465. The van der Waals surface area contributed by atoms with Gasteiger partial charge >= 0.3 is 0 Å². The molecule has 9 nitrogen and oxygen atoms in total. The highest BCUT2D eigenvalue weighted by atomic mass is 16.5. The van der Waals surface area contributed by atoms with Crippen LogP contribution in [0.15, 0.2) is 47.4 Å². The Kier molecular flexibility index (Phi) is 7.56. The van der Waals surface area contributed by atoms with Crippen molar-refractivity contribution in [2.45, 2.75) is 26.4 Å². The summed E-state index contributed by atoms with van der Waals surface area (Å²) in [5.41, 5.74) is 9.17. The first-order valence-corrected chi connectivity index (χ1v) is 10.3. The van der Waals surface area contributed by atoms with Crippen LogP contribution in [-0.4, -0.2) is 41.1 Å². The third-order valence-electron chi connectivity index (χ3n) is 5.04. The lowest BCUT2D eigenvalue weighted by atomic mass is 10.1. The number of methoxy groups -OCH3 is 1. The summed E-state index contributed by atoms with van der Waals surface area (Å²) in [5.74, 6) is 0.343. The third-order valence-corrected chi connectivity index (χ3v) is 5.04. The summed E-state index contributed by atoms with van der Waals surface area (Å²) in [7, 11) is 3.11. The molecule has 1 aromatic carbocycles. The summed E-state index contributed by atoms with van der Waals surface area (Å²) in [6.45, 7) is 2.48. The van der Waals surface area contributed by atoms with E-state index in [0.717, 1.165) is 12.0 Å². The van der Waals surface area contributed by atoms with Crippen LogP contribution >= 0.6 is 0 Å². The molecule has 2 aromatic heterocycles. The molecular weight excluding hydrogens is 408 g/mol. The first-order valence-electron chi connectivity index (χ1n) is 10.3. The normalized spacial score (nSPS) is 10.7. The molecule has 9 heteroatoms. The van der Waals surface area contributed by atoms with Gasteiger partial charge in [0, 0.05) is 26.4 Å². The van der Waals surface area contributed by atoms with E-state index >= 15 is 0 Å². The lowest BCUT2D eigenvalue weighted by Gasteiger charge is -2.17. The number of nitrogens with one attached hydrogen (secondary N) is 2. The standard InChI is InChI=1S/C23H28N6O3/c1-15-17(12-20(30)25-2)11-19(24)22(28-15)29-18(14-32-3)13-27-21(23(29)31)26-10-9-16-7-5-4-6-8-16/h4-8,11,13H,9-10,12,14,24H2,1-3H3,(H,25,30)(H,26,27). The van der Waals surface area contributed by atoms with E-state index < -0.39 is 0 Å². The Labute approximate surface area is 186 Å². The third kappa shape index (κ3) is 5.30. The number of aryl methyl sites for hydroxylation is 1. The Morgan fingerprint density at radius 3 is 2.69 bits per heavy atom. The molecule has 0 radical (unpaired) electrons. The van der Waals surface area contributed by atoms with E-state index in [0.29, 0.717) is 23.5 Å². The van der Waals surface area contributed by atoms with Gasteiger partial charge in [0.2, 0.25) is 5.91 Å². The number of benzene rings is 1. The minimum absolute atomic E-state index is 0.145. The number of carbonyl (C=O) groups excluding carboxylic acids is 1. The number of nitrogens with zero attached hydrogens (tertiary/aromatic N) is 3. The van der Waals surface area contributed by atoms with Crippen molar-refractivity contribution in [3.63, 3.8) is 0 Å². The number of nitrogen functional groups attached to an aromatic ring is 1. The number of amides is 1. The van der Waals surface area contributed by atoms with Crippen LogP contribution in [0.3, 0.4) is 0 Å². The molecular formula is C23H28N6O3. The highest BCUT2D eigenvalue weighted by Gasteiger charge is 2.18. The molecule has 168 valence electrons. The fourth-order valence-corrected chi connectivity index (χ4v) is 3.33. The van der Waals surface area contributed by atoms with Crippen LogP contribution in [0.4, 0.5) is 11.5 Å². The Hall–Kier alpha value is -3.72. The molecule has 0 spiro atoms. The number of nitrogens with two attached hydrogens (primary N) is 1. The molecule has 0 atom stereocenters. The van der Waals surface area contributed by atoms with Crippen molar-refractivity contribution in [3.05, 3.63) is 75.5 Å². The molecule has 0 unspecified atom stereocenters. The number of hydrogen-bond donors (Lipinski definition) is 3. The molecule has 3 aromatic rings. The van der Waals surface area contributed by atoms with Gasteiger partial charge in [-0.3, -0.25) is 14.2 Å². The Morgan fingerprint density at radius 1 is 1.25 bits per heavy atom. The van der Waals surface area contributed by atoms with Crippen molar-refractivity contribution >= 4 is 17.4 Å². The average Bonchev–Trinajstić information content (AvgIpc) is 2.79. The van der Waals surface area contributed by atoms with Crippen molar-refractivity contribution in [1.29, 1.82) is 0 Å². The summed E-state index contributed by atoms with van der Waals surface area (Å²) >= 11 is 0. The molecule has 3 rings (SSSR count). The second-order valence-electron chi connectivity index (χ2n) is 7.33. The van der Waals surface area contributed by atoms with Gasteiger partial charge < -0.3 is 21.1 Å². The van der Waals surface area contributed by atoms with Gasteiger partial charge in [-0.2, -0.15) is 0 Å². The number of rotatable bonds is 9. The van der Waals surface area contributed by atoms with Gasteiger partial charge in [-0.25, -0.2) is 9.97 Å². The monoisotopic (exact) mass is 436 g/mol. The van der Waals surface area contributed by atoms with Gasteiger partial charge in [-0.15, -0.1) is 0 Å². The zero-order chi connectivity index (χ0) is 23.1. The fourth-order valence-electron chi connectivity index (χ4n) is 3.33. The fraction of sp³-hybridized carbons (Fsp3) is 0.304. The SMILES string of the molecule is CNC(=O)Cc1cc(N)c(-n2c(COC)cnc(NCCc3ccccc3)c2=O)nc1C. The van der Waals surface area contributed by atoms with Crippen LogP contribution in [0.1, 0.15) is 22.5 Å². The molecule has 2 heterocycles. The van der Waals surface area contributed by atoms with Crippen molar-refractivity contribution in [2.24, 2.45) is 0 Å². The highest BCUT2D eigenvalue weighted by molar-refractivity contribution is 5.79. The molecule has 32 heavy (non-hydrogen) atoms. The summed E-state index contributed by atoms with van der Waals surface area (Å²) < 4.78 is 6.65. The topological polar surface area (TPSA) is 124 Å². The van der Waals surface area contributed by atoms with Crippen LogP contribution in [0, 0.1) is 6.92 Å². The van der Waals surface area contributed by atoms with Gasteiger partial charge in [-0.05, 0) is 30.5 Å². The van der Waals surface area contributed by atoms with E-state index in [2.05, 4.69) is 20.6 Å². The summed E-state index contributed by atoms with van der Waals surface area (Å²) in [4.78, 5) is 33.9. The molecule has 0 fully saturated rings. The first kappa shape index (κ1) is 23.0. The predicted molar refractivity (Wildman–Crippen MR) is 124 cm³/mol. The second kappa shape index (κ2) is 10.5. The molecule has 0 saturated carbocycles. The predicted octanol–water partition coefficient (Wildman–Crippen LogP) is 1.61. The molecule has 4 N–H and O–H groups in total. The molecule has 0 aliphatic carbocycles. The van der Waals surface area contributed by atoms with Crippen LogP contribution in [-0.2, 0) is 29.0 Å². The zero-order valence-electron chi connectivity index (χ0n) is 18.5.